The van der Waals surface area contributed by atoms with E-state index in [1.807, 2.05) is 6.92 Å². The van der Waals surface area contributed by atoms with Gasteiger partial charge in [0.1, 0.15) is 19.0 Å². The van der Waals surface area contributed by atoms with E-state index in [1.54, 1.807) is 18.2 Å². The van der Waals surface area contributed by atoms with Crippen molar-refractivity contribution >= 4 is 11.6 Å². The Labute approximate surface area is 121 Å². The van der Waals surface area contributed by atoms with Gasteiger partial charge in [-0.25, -0.2) is 0 Å². The van der Waals surface area contributed by atoms with Crippen molar-refractivity contribution in [1.29, 1.82) is 0 Å². The standard InChI is InChI=1S/C13H17ClF3NO2/c1-2-18-8-10-11(14)4-3-5-12(10)20-7-6-19-9-13(15,16)17/h3-5,18H,2,6-9H2,1H3. The molecule has 3 nitrogen and oxygen atoms in total. The lowest BCUT2D eigenvalue weighted by Gasteiger charge is -2.13. The summed E-state index contributed by atoms with van der Waals surface area (Å²) in [5.41, 5.74) is 0.784. The molecule has 0 unspecified atom stereocenters. The molecule has 0 heterocycles. The molecule has 0 aliphatic rings. The van der Waals surface area contributed by atoms with E-state index >= 15 is 0 Å². The first-order chi connectivity index (χ1) is 9.44. The fraction of sp³-hybridized carbons (Fsp3) is 0.538. The molecule has 0 saturated heterocycles. The van der Waals surface area contributed by atoms with E-state index in [9.17, 15) is 13.2 Å². The second kappa shape index (κ2) is 8.34. The van der Waals surface area contributed by atoms with Crippen LogP contribution < -0.4 is 10.1 Å². The van der Waals surface area contributed by atoms with Crippen LogP contribution in [0.1, 0.15) is 12.5 Å². The number of hydrogen-bond acceptors (Lipinski definition) is 3. The average Bonchev–Trinajstić information content (AvgIpc) is 2.36. The molecule has 0 saturated carbocycles. The molecule has 1 aromatic rings. The summed E-state index contributed by atoms with van der Waals surface area (Å²) in [4.78, 5) is 0. The summed E-state index contributed by atoms with van der Waals surface area (Å²) >= 11 is 6.07. The van der Waals surface area contributed by atoms with Crippen LogP contribution in [0.4, 0.5) is 13.2 Å². The van der Waals surface area contributed by atoms with Crippen molar-refractivity contribution < 1.29 is 22.6 Å². The number of halogens is 4. The molecule has 114 valence electrons. The van der Waals surface area contributed by atoms with E-state index in [-0.39, 0.29) is 13.2 Å². The van der Waals surface area contributed by atoms with E-state index < -0.39 is 12.8 Å². The Balaban J connectivity index is 2.45. The molecule has 0 radical (unpaired) electrons. The van der Waals surface area contributed by atoms with E-state index in [2.05, 4.69) is 10.1 Å². The van der Waals surface area contributed by atoms with Crippen LogP contribution in [-0.4, -0.2) is 32.5 Å². The van der Waals surface area contributed by atoms with Crippen LogP contribution in [0.5, 0.6) is 5.75 Å². The molecule has 0 bridgehead atoms. The van der Waals surface area contributed by atoms with Gasteiger partial charge in [0, 0.05) is 17.1 Å². The highest BCUT2D eigenvalue weighted by Crippen LogP contribution is 2.26. The van der Waals surface area contributed by atoms with Crippen molar-refractivity contribution in [2.75, 3.05) is 26.4 Å². The second-order valence-corrected chi connectivity index (χ2v) is 4.42. The van der Waals surface area contributed by atoms with Gasteiger partial charge in [0.15, 0.2) is 0 Å². The molecule has 0 atom stereocenters. The smallest absolute Gasteiger partial charge is 0.411 e. The Kier molecular flexibility index (Phi) is 7.12. The highest BCUT2D eigenvalue weighted by molar-refractivity contribution is 6.31. The van der Waals surface area contributed by atoms with Gasteiger partial charge in [0.05, 0.1) is 6.61 Å². The van der Waals surface area contributed by atoms with Crippen LogP contribution in [-0.2, 0) is 11.3 Å². The zero-order valence-corrected chi connectivity index (χ0v) is 11.9. The zero-order valence-electron chi connectivity index (χ0n) is 11.1. The monoisotopic (exact) mass is 311 g/mol. The van der Waals surface area contributed by atoms with Crippen molar-refractivity contribution in [3.8, 4) is 5.75 Å². The van der Waals surface area contributed by atoms with E-state index in [1.165, 1.54) is 0 Å². The maximum Gasteiger partial charge on any atom is 0.411 e. The first-order valence-electron chi connectivity index (χ1n) is 6.19. The largest absolute Gasteiger partial charge is 0.491 e. The van der Waals surface area contributed by atoms with Crippen LogP contribution in [0, 0.1) is 0 Å². The summed E-state index contributed by atoms with van der Waals surface area (Å²) in [5.74, 6) is 0.550. The Morgan fingerprint density at radius 3 is 2.65 bits per heavy atom. The van der Waals surface area contributed by atoms with E-state index in [4.69, 9.17) is 16.3 Å². The quantitative estimate of drug-likeness (QED) is 0.746. The zero-order chi connectivity index (χ0) is 15.0. The predicted octanol–water partition coefficient (Wildman–Crippen LogP) is 3.41. The third kappa shape index (κ3) is 6.45. The first-order valence-corrected chi connectivity index (χ1v) is 6.57. The first kappa shape index (κ1) is 17.1. The number of rotatable bonds is 8. The molecule has 0 aliphatic heterocycles. The molecule has 0 amide bonds. The van der Waals surface area contributed by atoms with Crippen LogP contribution in [0.3, 0.4) is 0 Å². The highest BCUT2D eigenvalue weighted by Gasteiger charge is 2.27. The van der Waals surface area contributed by atoms with Gasteiger partial charge in [0.25, 0.3) is 0 Å². The molecule has 7 heteroatoms. The lowest BCUT2D eigenvalue weighted by molar-refractivity contribution is -0.175. The van der Waals surface area contributed by atoms with Gasteiger partial charge in [0.2, 0.25) is 0 Å². The topological polar surface area (TPSA) is 30.5 Å². The molecule has 0 aromatic heterocycles. The maximum atomic E-state index is 11.9. The normalized spacial score (nSPS) is 11.7. The number of nitrogens with one attached hydrogen (secondary N) is 1. The van der Waals surface area contributed by atoms with Gasteiger partial charge < -0.3 is 14.8 Å². The van der Waals surface area contributed by atoms with Gasteiger partial charge in [-0.1, -0.05) is 24.6 Å². The van der Waals surface area contributed by atoms with Crippen molar-refractivity contribution in [2.24, 2.45) is 0 Å². The molecule has 1 rings (SSSR count). The summed E-state index contributed by atoms with van der Waals surface area (Å²) in [6, 6.07) is 5.19. The third-order valence-corrected chi connectivity index (χ3v) is 2.73. The minimum atomic E-state index is -4.31. The Morgan fingerprint density at radius 1 is 1.25 bits per heavy atom. The van der Waals surface area contributed by atoms with Crippen LogP contribution >= 0.6 is 11.6 Å². The fourth-order valence-electron chi connectivity index (χ4n) is 1.49. The summed E-state index contributed by atoms with van der Waals surface area (Å²) < 4.78 is 45.5. The molecular formula is C13H17ClF3NO2. The van der Waals surface area contributed by atoms with Gasteiger partial charge in [-0.05, 0) is 18.7 Å². The van der Waals surface area contributed by atoms with Gasteiger partial charge >= 0.3 is 6.18 Å². The van der Waals surface area contributed by atoms with Gasteiger partial charge in [-0.2, -0.15) is 13.2 Å². The highest BCUT2D eigenvalue weighted by atomic mass is 35.5. The molecule has 0 aliphatic carbocycles. The Bertz CT molecular complexity index is 413. The summed E-state index contributed by atoms with van der Waals surface area (Å²) in [6.07, 6.45) is -4.31. The number of alkyl halides is 3. The summed E-state index contributed by atoms with van der Waals surface area (Å²) in [7, 11) is 0. The summed E-state index contributed by atoms with van der Waals surface area (Å²) in [5, 5.41) is 3.68. The van der Waals surface area contributed by atoms with Crippen LogP contribution in [0.25, 0.3) is 0 Å². The molecule has 0 fully saturated rings. The number of hydrogen-bond donors (Lipinski definition) is 1. The predicted molar refractivity (Wildman–Crippen MR) is 71.2 cm³/mol. The van der Waals surface area contributed by atoms with E-state index in [0.29, 0.717) is 17.3 Å². The Morgan fingerprint density at radius 2 is 2.00 bits per heavy atom. The minimum Gasteiger partial charge on any atom is -0.491 e. The Hall–Kier alpha value is -0.980. The van der Waals surface area contributed by atoms with Crippen molar-refractivity contribution in [3.05, 3.63) is 28.8 Å². The fourth-order valence-corrected chi connectivity index (χ4v) is 1.73. The van der Waals surface area contributed by atoms with Gasteiger partial charge in [-0.15, -0.1) is 0 Å². The lowest BCUT2D eigenvalue weighted by Crippen LogP contribution is -2.20. The van der Waals surface area contributed by atoms with Crippen LogP contribution in [0.15, 0.2) is 18.2 Å². The summed E-state index contributed by atoms with van der Waals surface area (Å²) in [6.45, 7) is 1.91. The molecule has 0 spiro atoms. The average molecular weight is 312 g/mol. The van der Waals surface area contributed by atoms with Crippen molar-refractivity contribution in [2.45, 2.75) is 19.6 Å². The molecule has 20 heavy (non-hydrogen) atoms. The molecule has 1 aromatic carbocycles. The van der Waals surface area contributed by atoms with E-state index in [0.717, 1.165) is 12.1 Å². The van der Waals surface area contributed by atoms with Gasteiger partial charge in [-0.3, -0.25) is 0 Å². The third-order valence-electron chi connectivity index (χ3n) is 2.38. The number of ether oxygens (including phenoxy) is 2. The second-order valence-electron chi connectivity index (χ2n) is 4.01. The molecular weight excluding hydrogens is 295 g/mol. The SMILES string of the molecule is CCNCc1c(Cl)cccc1OCCOCC(F)(F)F. The van der Waals surface area contributed by atoms with Crippen LogP contribution in [0.2, 0.25) is 5.02 Å². The van der Waals surface area contributed by atoms with Crippen molar-refractivity contribution in [3.63, 3.8) is 0 Å². The minimum absolute atomic E-state index is 0.0372. The molecule has 1 N–H and O–H groups in total. The van der Waals surface area contributed by atoms with Crippen molar-refractivity contribution in [1.82, 2.24) is 5.32 Å². The maximum absolute atomic E-state index is 11.9. The number of benzene rings is 1. The lowest BCUT2D eigenvalue weighted by atomic mass is 10.2.